The van der Waals surface area contributed by atoms with Gasteiger partial charge in [0.2, 0.25) is 5.91 Å². The number of nitrogens with one attached hydrogen (secondary N) is 1. The van der Waals surface area contributed by atoms with Crippen molar-refractivity contribution in [3.05, 3.63) is 28.0 Å². The maximum atomic E-state index is 13.0. The standard InChI is InChI=1S/C13H14Cl2FNO3/c1-13(2,6-11(19)20)5-10(18)17-12-8(14)3-7(16)4-9(12)15/h3-4H,5-6H2,1-2H3,(H,17,18)(H,19,20). The van der Waals surface area contributed by atoms with Crippen LogP contribution in [0.5, 0.6) is 0 Å². The zero-order valence-corrected chi connectivity index (χ0v) is 12.5. The van der Waals surface area contributed by atoms with E-state index in [9.17, 15) is 14.0 Å². The molecule has 0 aliphatic carbocycles. The first-order valence-corrected chi connectivity index (χ1v) is 6.52. The van der Waals surface area contributed by atoms with Gasteiger partial charge in [-0.15, -0.1) is 0 Å². The Morgan fingerprint density at radius 3 is 2.20 bits per heavy atom. The summed E-state index contributed by atoms with van der Waals surface area (Å²) in [5.41, 5.74) is -0.597. The minimum absolute atomic E-state index is 0.0145. The fraction of sp³-hybridized carbons (Fsp3) is 0.385. The van der Waals surface area contributed by atoms with E-state index in [0.29, 0.717) is 0 Å². The molecule has 1 aromatic rings. The molecule has 0 fully saturated rings. The van der Waals surface area contributed by atoms with Gasteiger partial charge < -0.3 is 10.4 Å². The highest BCUT2D eigenvalue weighted by atomic mass is 35.5. The summed E-state index contributed by atoms with van der Waals surface area (Å²) in [6.45, 7) is 3.32. The first kappa shape index (κ1) is 16.7. The van der Waals surface area contributed by atoms with Crippen LogP contribution in [0, 0.1) is 11.2 Å². The molecule has 110 valence electrons. The van der Waals surface area contributed by atoms with Gasteiger partial charge in [-0.25, -0.2) is 4.39 Å². The van der Waals surface area contributed by atoms with Gasteiger partial charge in [0.1, 0.15) is 5.82 Å². The number of rotatable bonds is 5. The number of hydrogen-bond acceptors (Lipinski definition) is 2. The summed E-state index contributed by atoms with van der Waals surface area (Å²) < 4.78 is 13.0. The number of benzene rings is 1. The van der Waals surface area contributed by atoms with Crippen molar-refractivity contribution in [2.75, 3.05) is 5.32 Å². The second kappa shape index (κ2) is 6.41. The normalized spacial score (nSPS) is 11.2. The van der Waals surface area contributed by atoms with Crippen LogP contribution in [0.1, 0.15) is 26.7 Å². The maximum absolute atomic E-state index is 13.0. The molecule has 20 heavy (non-hydrogen) atoms. The molecule has 0 aliphatic heterocycles. The van der Waals surface area contributed by atoms with E-state index in [1.54, 1.807) is 13.8 Å². The van der Waals surface area contributed by atoms with Crippen molar-refractivity contribution in [3.8, 4) is 0 Å². The Morgan fingerprint density at radius 2 is 1.75 bits per heavy atom. The highest BCUT2D eigenvalue weighted by Gasteiger charge is 2.26. The van der Waals surface area contributed by atoms with Crippen molar-refractivity contribution in [2.24, 2.45) is 5.41 Å². The molecule has 7 heteroatoms. The van der Waals surface area contributed by atoms with E-state index in [0.717, 1.165) is 12.1 Å². The molecule has 0 atom stereocenters. The zero-order chi connectivity index (χ0) is 15.5. The van der Waals surface area contributed by atoms with Crippen LogP contribution in [0.2, 0.25) is 10.0 Å². The molecule has 0 radical (unpaired) electrons. The van der Waals surface area contributed by atoms with Gasteiger partial charge in [-0.2, -0.15) is 0 Å². The molecule has 1 rings (SSSR count). The van der Waals surface area contributed by atoms with Crippen LogP contribution in [0.25, 0.3) is 0 Å². The smallest absolute Gasteiger partial charge is 0.303 e. The van der Waals surface area contributed by atoms with Gasteiger partial charge in [0.25, 0.3) is 0 Å². The highest BCUT2D eigenvalue weighted by Crippen LogP contribution is 2.32. The predicted molar refractivity (Wildman–Crippen MR) is 75.7 cm³/mol. The van der Waals surface area contributed by atoms with E-state index in [4.69, 9.17) is 28.3 Å². The molecular weight excluding hydrogens is 308 g/mol. The van der Waals surface area contributed by atoms with Crippen molar-refractivity contribution < 1.29 is 19.1 Å². The predicted octanol–water partition coefficient (Wildman–Crippen LogP) is 3.96. The van der Waals surface area contributed by atoms with Gasteiger partial charge in [0.05, 0.1) is 22.2 Å². The van der Waals surface area contributed by atoms with Crippen LogP contribution in [-0.2, 0) is 9.59 Å². The van der Waals surface area contributed by atoms with E-state index in [1.165, 1.54) is 0 Å². The molecule has 4 nitrogen and oxygen atoms in total. The first-order chi connectivity index (χ1) is 9.10. The Balaban J connectivity index is 2.79. The van der Waals surface area contributed by atoms with Crippen LogP contribution in [0.3, 0.4) is 0 Å². The summed E-state index contributed by atoms with van der Waals surface area (Å²) >= 11 is 11.6. The molecule has 1 aromatic carbocycles. The number of carbonyl (C=O) groups is 2. The molecule has 2 N–H and O–H groups in total. The van der Waals surface area contributed by atoms with Gasteiger partial charge >= 0.3 is 5.97 Å². The van der Waals surface area contributed by atoms with E-state index >= 15 is 0 Å². The average Bonchev–Trinajstić information content (AvgIpc) is 2.20. The summed E-state index contributed by atoms with van der Waals surface area (Å²) in [6, 6.07) is 2.07. The van der Waals surface area contributed by atoms with Crippen molar-refractivity contribution >= 4 is 40.8 Å². The third-order valence-electron chi connectivity index (χ3n) is 2.54. The van der Waals surface area contributed by atoms with Crippen LogP contribution in [0.4, 0.5) is 10.1 Å². The van der Waals surface area contributed by atoms with Gasteiger partial charge in [0.15, 0.2) is 0 Å². The molecule has 0 unspecified atom stereocenters. The number of hydrogen-bond donors (Lipinski definition) is 2. The van der Waals surface area contributed by atoms with Crippen molar-refractivity contribution in [2.45, 2.75) is 26.7 Å². The average molecular weight is 322 g/mol. The number of amides is 1. The zero-order valence-electron chi connectivity index (χ0n) is 11.0. The second-order valence-electron chi connectivity index (χ2n) is 5.20. The Labute approximate surface area is 125 Å². The fourth-order valence-corrected chi connectivity index (χ4v) is 2.31. The second-order valence-corrected chi connectivity index (χ2v) is 6.02. The van der Waals surface area contributed by atoms with E-state index in [-0.39, 0.29) is 28.6 Å². The molecular formula is C13H14Cl2FNO3. The quantitative estimate of drug-likeness (QED) is 0.862. The molecule has 0 spiro atoms. The fourth-order valence-electron chi connectivity index (χ4n) is 1.75. The number of halogens is 3. The van der Waals surface area contributed by atoms with E-state index in [1.807, 2.05) is 0 Å². The monoisotopic (exact) mass is 321 g/mol. The summed E-state index contributed by atoms with van der Waals surface area (Å²) in [5.74, 6) is -2.03. The highest BCUT2D eigenvalue weighted by molar-refractivity contribution is 6.39. The largest absolute Gasteiger partial charge is 0.481 e. The minimum Gasteiger partial charge on any atom is -0.481 e. The number of carboxylic acid groups (broad SMARTS) is 1. The van der Waals surface area contributed by atoms with Gasteiger partial charge in [-0.3, -0.25) is 9.59 Å². The number of aliphatic carboxylic acids is 1. The Kier molecular flexibility index (Phi) is 5.36. The van der Waals surface area contributed by atoms with Crippen molar-refractivity contribution in [1.29, 1.82) is 0 Å². The number of carboxylic acids is 1. The summed E-state index contributed by atoms with van der Waals surface area (Å²) in [6.07, 6.45) is -0.172. The molecule has 0 bridgehead atoms. The SMILES string of the molecule is CC(C)(CC(=O)O)CC(=O)Nc1c(Cl)cc(F)cc1Cl. The molecule has 0 aliphatic rings. The maximum Gasteiger partial charge on any atom is 0.303 e. The molecule has 1 amide bonds. The van der Waals surface area contributed by atoms with Crippen LogP contribution >= 0.6 is 23.2 Å². The molecule has 0 heterocycles. The van der Waals surface area contributed by atoms with Crippen molar-refractivity contribution in [1.82, 2.24) is 0 Å². The Bertz CT molecular complexity index is 523. The van der Waals surface area contributed by atoms with Gasteiger partial charge in [-0.05, 0) is 17.5 Å². The third kappa shape index (κ3) is 4.98. The number of anilines is 1. The van der Waals surface area contributed by atoms with Gasteiger partial charge in [-0.1, -0.05) is 37.0 Å². The lowest BCUT2D eigenvalue weighted by atomic mass is 9.85. The third-order valence-corrected chi connectivity index (χ3v) is 3.14. The summed E-state index contributed by atoms with van der Waals surface area (Å²) in [7, 11) is 0. The lowest BCUT2D eigenvalue weighted by Gasteiger charge is -2.21. The van der Waals surface area contributed by atoms with Crippen LogP contribution in [-0.4, -0.2) is 17.0 Å². The van der Waals surface area contributed by atoms with E-state index in [2.05, 4.69) is 5.32 Å². The van der Waals surface area contributed by atoms with Crippen LogP contribution in [0.15, 0.2) is 12.1 Å². The van der Waals surface area contributed by atoms with Crippen LogP contribution < -0.4 is 5.32 Å². The molecule has 0 saturated carbocycles. The lowest BCUT2D eigenvalue weighted by molar-refractivity contribution is -0.139. The Morgan fingerprint density at radius 1 is 1.25 bits per heavy atom. The summed E-state index contributed by atoms with van der Waals surface area (Å²) in [5, 5.41) is 11.2. The molecule has 0 saturated heterocycles. The minimum atomic E-state index is -0.986. The lowest BCUT2D eigenvalue weighted by Crippen LogP contribution is -2.25. The van der Waals surface area contributed by atoms with Crippen molar-refractivity contribution in [3.63, 3.8) is 0 Å². The van der Waals surface area contributed by atoms with E-state index < -0.39 is 23.1 Å². The topological polar surface area (TPSA) is 66.4 Å². The van der Waals surface area contributed by atoms with Gasteiger partial charge in [0, 0.05) is 6.42 Å². The number of carbonyl (C=O) groups excluding carboxylic acids is 1. The Hall–Kier alpha value is -1.33. The molecule has 0 aromatic heterocycles. The first-order valence-electron chi connectivity index (χ1n) is 5.77. The summed E-state index contributed by atoms with van der Waals surface area (Å²) in [4.78, 5) is 22.6.